The molecule has 1 nitrogen and oxygen atoms in total. The van der Waals surface area contributed by atoms with Crippen LogP contribution in [0.4, 0.5) is 11.4 Å². The van der Waals surface area contributed by atoms with Crippen molar-refractivity contribution in [1.82, 2.24) is 0 Å². The van der Waals surface area contributed by atoms with Gasteiger partial charge in [0, 0.05) is 11.4 Å². The maximum atomic E-state index is 3.56. The third-order valence-electron chi connectivity index (χ3n) is 5.92. The van der Waals surface area contributed by atoms with E-state index in [1.807, 2.05) is 6.92 Å². The lowest BCUT2D eigenvalue weighted by Gasteiger charge is -2.11. The number of hydrogen-bond acceptors (Lipinski definition) is 1. The van der Waals surface area contributed by atoms with E-state index in [1.54, 1.807) is 0 Å². The fraction of sp³-hybridized carbons (Fsp3) is 0.0303. The van der Waals surface area contributed by atoms with E-state index < -0.39 is 0 Å². The van der Waals surface area contributed by atoms with Crippen molar-refractivity contribution in [3.63, 3.8) is 0 Å². The summed E-state index contributed by atoms with van der Waals surface area (Å²) in [6.07, 6.45) is 4.20. The van der Waals surface area contributed by atoms with Gasteiger partial charge in [-0.3, -0.25) is 0 Å². The molecule has 5 aromatic carbocycles. The van der Waals surface area contributed by atoms with Crippen LogP contribution >= 0.6 is 0 Å². The number of nitrogens with one attached hydrogen (secondary N) is 1. The summed E-state index contributed by atoms with van der Waals surface area (Å²) in [4.78, 5) is 0. The quantitative estimate of drug-likeness (QED) is 0.279. The molecule has 0 aliphatic carbocycles. The molecule has 0 heterocycles. The van der Waals surface area contributed by atoms with E-state index in [9.17, 15) is 0 Å². The van der Waals surface area contributed by atoms with E-state index in [0.717, 1.165) is 11.4 Å². The van der Waals surface area contributed by atoms with Crippen molar-refractivity contribution < 1.29 is 0 Å². The Morgan fingerprint density at radius 2 is 1.00 bits per heavy atom. The molecule has 0 saturated heterocycles. The van der Waals surface area contributed by atoms with Crippen molar-refractivity contribution in [2.24, 2.45) is 0 Å². The monoisotopic (exact) mass is 437 g/mol. The minimum absolute atomic E-state index is 1.07. The van der Waals surface area contributed by atoms with Crippen molar-refractivity contribution in [2.75, 3.05) is 5.32 Å². The van der Waals surface area contributed by atoms with Gasteiger partial charge >= 0.3 is 0 Å². The zero-order chi connectivity index (χ0) is 23.2. The van der Waals surface area contributed by atoms with Gasteiger partial charge in [0.15, 0.2) is 0 Å². The standard InChI is InChI=1S/C33H27N/c1-2-9-25-10-6-13-28(22-25)31-16-8-17-33(24-31)34-32-20-18-27(19-21-32)30-15-7-14-29(23-30)26-11-4-3-5-12-26/h2-24,34H,1H3/b9-2+. The Bertz CT molecular complexity index is 1410. The van der Waals surface area contributed by atoms with Gasteiger partial charge in [0.1, 0.15) is 0 Å². The summed E-state index contributed by atoms with van der Waals surface area (Å²) in [7, 11) is 0. The Hall–Kier alpha value is -4.36. The van der Waals surface area contributed by atoms with Crippen molar-refractivity contribution in [1.29, 1.82) is 0 Å². The summed E-state index contributed by atoms with van der Waals surface area (Å²) in [6.45, 7) is 2.04. The highest BCUT2D eigenvalue weighted by atomic mass is 14.9. The molecule has 0 bridgehead atoms. The lowest BCUT2D eigenvalue weighted by molar-refractivity contribution is 1.53. The molecule has 0 aromatic heterocycles. The van der Waals surface area contributed by atoms with Gasteiger partial charge < -0.3 is 5.32 Å². The number of allylic oxidation sites excluding steroid dienone is 1. The second-order valence-electron chi connectivity index (χ2n) is 8.36. The maximum absolute atomic E-state index is 3.56. The van der Waals surface area contributed by atoms with Crippen LogP contribution in [0.5, 0.6) is 0 Å². The molecular formula is C33H27N. The zero-order valence-electron chi connectivity index (χ0n) is 19.3. The normalized spacial score (nSPS) is 11.0. The van der Waals surface area contributed by atoms with E-state index in [4.69, 9.17) is 0 Å². The first kappa shape index (κ1) is 21.5. The summed E-state index contributed by atoms with van der Waals surface area (Å²) in [5.74, 6) is 0. The van der Waals surface area contributed by atoms with E-state index in [0.29, 0.717) is 0 Å². The minimum Gasteiger partial charge on any atom is -0.356 e. The van der Waals surface area contributed by atoms with Gasteiger partial charge in [-0.1, -0.05) is 103 Å². The largest absolute Gasteiger partial charge is 0.356 e. The molecule has 0 radical (unpaired) electrons. The van der Waals surface area contributed by atoms with Gasteiger partial charge in [-0.2, -0.15) is 0 Å². The van der Waals surface area contributed by atoms with Gasteiger partial charge in [-0.15, -0.1) is 0 Å². The van der Waals surface area contributed by atoms with Crippen LogP contribution in [-0.2, 0) is 0 Å². The Balaban J connectivity index is 1.35. The molecule has 0 spiro atoms. The molecule has 5 rings (SSSR count). The number of hydrogen-bond donors (Lipinski definition) is 1. The topological polar surface area (TPSA) is 12.0 Å². The Morgan fingerprint density at radius 1 is 0.441 bits per heavy atom. The van der Waals surface area contributed by atoms with Crippen LogP contribution in [0, 0.1) is 0 Å². The molecule has 1 heteroatoms. The van der Waals surface area contributed by atoms with Gasteiger partial charge in [-0.05, 0) is 82.3 Å². The predicted octanol–water partition coefficient (Wildman–Crippen LogP) is 9.46. The molecule has 1 N–H and O–H groups in total. The van der Waals surface area contributed by atoms with E-state index in [2.05, 4.69) is 145 Å². The first-order valence-electron chi connectivity index (χ1n) is 11.6. The third kappa shape index (κ3) is 5.00. The molecular weight excluding hydrogens is 410 g/mol. The predicted molar refractivity (Wildman–Crippen MR) is 147 cm³/mol. The van der Waals surface area contributed by atoms with E-state index in [-0.39, 0.29) is 0 Å². The lowest BCUT2D eigenvalue weighted by Crippen LogP contribution is -1.91. The second-order valence-corrected chi connectivity index (χ2v) is 8.36. The van der Waals surface area contributed by atoms with Crippen molar-refractivity contribution in [3.05, 3.63) is 139 Å². The SMILES string of the molecule is C/C=C/c1cccc(-c2cccc(Nc3ccc(-c4cccc(-c5ccccc5)c4)cc3)c2)c1. The minimum atomic E-state index is 1.07. The average Bonchev–Trinajstić information content (AvgIpc) is 2.90. The van der Waals surface area contributed by atoms with Gasteiger partial charge in [0.05, 0.1) is 0 Å². The van der Waals surface area contributed by atoms with E-state index >= 15 is 0 Å². The third-order valence-corrected chi connectivity index (χ3v) is 5.92. The first-order chi connectivity index (χ1) is 16.8. The van der Waals surface area contributed by atoms with Crippen LogP contribution in [0.2, 0.25) is 0 Å². The summed E-state index contributed by atoms with van der Waals surface area (Å²) < 4.78 is 0. The summed E-state index contributed by atoms with van der Waals surface area (Å²) in [5, 5.41) is 3.56. The summed E-state index contributed by atoms with van der Waals surface area (Å²) in [5.41, 5.74) is 10.7. The van der Waals surface area contributed by atoms with Crippen molar-refractivity contribution in [2.45, 2.75) is 6.92 Å². The molecule has 34 heavy (non-hydrogen) atoms. The van der Waals surface area contributed by atoms with Gasteiger partial charge in [0.2, 0.25) is 0 Å². The Labute approximate surface area is 202 Å². The Kier molecular flexibility index (Phi) is 6.36. The van der Waals surface area contributed by atoms with Gasteiger partial charge in [-0.25, -0.2) is 0 Å². The molecule has 0 unspecified atom stereocenters. The van der Waals surface area contributed by atoms with Crippen LogP contribution in [0.1, 0.15) is 12.5 Å². The van der Waals surface area contributed by atoms with Crippen LogP contribution in [0.15, 0.2) is 133 Å². The van der Waals surface area contributed by atoms with Crippen molar-refractivity contribution >= 4 is 17.5 Å². The van der Waals surface area contributed by atoms with Crippen LogP contribution in [0.3, 0.4) is 0 Å². The highest BCUT2D eigenvalue weighted by Gasteiger charge is 2.04. The zero-order valence-corrected chi connectivity index (χ0v) is 19.3. The summed E-state index contributed by atoms with van der Waals surface area (Å²) >= 11 is 0. The van der Waals surface area contributed by atoms with Crippen LogP contribution in [0.25, 0.3) is 39.5 Å². The average molecular weight is 438 g/mol. The molecule has 164 valence electrons. The molecule has 0 atom stereocenters. The number of rotatable bonds is 6. The fourth-order valence-electron chi connectivity index (χ4n) is 4.21. The van der Waals surface area contributed by atoms with E-state index in [1.165, 1.54) is 38.9 Å². The van der Waals surface area contributed by atoms with Crippen LogP contribution < -0.4 is 5.32 Å². The fourth-order valence-corrected chi connectivity index (χ4v) is 4.21. The molecule has 0 saturated carbocycles. The molecule has 0 fully saturated rings. The molecule has 5 aromatic rings. The smallest absolute Gasteiger partial charge is 0.0390 e. The molecule has 0 amide bonds. The number of benzene rings is 5. The molecule has 0 aliphatic heterocycles. The highest BCUT2D eigenvalue weighted by molar-refractivity contribution is 5.76. The lowest BCUT2D eigenvalue weighted by atomic mass is 9.99. The van der Waals surface area contributed by atoms with Crippen molar-refractivity contribution in [3.8, 4) is 33.4 Å². The summed E-state index contributed by atoms with van der Waals surface area (Å²) in [6, 6.07) is 45.0. The molecule has 0 aliphatic rings. The maximum Gasteiger partial charge on any atom is 0.0390 e. The highest BCUT2D eigenvalue weighted by Crippen LogP contribution is 2.29. The Morgan fingerprint density at radius 3 is 1.71 bits per heavy atom. The second kappa shape index (κ2) is 10.1. The van der Waals surface area contributed by atoms with Gasteiger partial charge in [0.25, 0.3) is 0 Å². The first-order valence-corrected chi connectivity index (χ1v) is 11.6. The number of anilines is 2. The van der Waals surface area contributed by atoms with Crippen LogP contribution in [-0.4, -0.2) is 0 Å².